The molecule has 0 saturated heterocycles. The van der Waals surface area contributed by atoms with Crippen molar-refractivity contribution in [2.75, 3.05) is 43.9 Å². The van der Waals surface area contributed by atoms with Gasteiger partial charge in [-0.3, -0.25) is 10.0 Å². The lowest BCUT2D eigenvalue weighted by Crippen LogP contribution is -2.30. The highest BCUT2D eigenvalue weighted by Crippen LogP contribution is 2.47. The predicted molar refractivity (Wildman–Crippen MR) is 135 cm³/mol. The third kappa shape index (κ3) is 3.51. The summed E-state index contributed by atoms with van der Waals surface area (Å²) in [7, 11) is 4.55. The van der Waals surface area contributed by atoms with Crippen molar-refractivity contribution < 1.29 is 24.2 Å². The number of carbonyl (C=O) groups excluding carboxylic acids is 1. The van der Waals surface area contributed by atoms with Crippen LogP contribution in [0.3, 0.4) is 0 Å². The zero-order chi connectivity index (χ0) is 24.9. The second kappa shape index (κ2) is 8.84. The molecule has 1 atom stereocenters. The Morgan fingerprint density at radius 2 is 1.86 bits per heavy atom. The Hall–Kier alpha value is -3.66. The fraction of sp³-hybridized carbons (Fsp3) is 0.240. The van der Waals surface area contributed by atoms with Gasteiger partial charge in [-0.15, -0.1) is 11.6 Å². The lowest BCUT2D eigenvalue weighted by Gasteiger charge is -2.26. The number of ether oxygens (including phenoxy) is 3. The summed E-state index contributed by atoms with van der Waals surface area (Å²) in [5, 5.41) is 23.6. The van der Waals surface area contributed by atoms with Crippen LogP contribution in [-0.2, 0) is 0 Å². The van der Waals surface area contributed by atoms with Crippen LogP contribution >= 0.6 is 11.6 Å². The molecule has 1 aliphatic heterocycles. The first-order chi connectivity index (χ1) is 16.9. The number of alkyl halides is 1. The Morgan fingerprint density at radius 3 is 2.49 bits per heavy atom. The highest BCUT2D eigenvalue weighted by atomic mass is 35.5. The van der Waals surface area contributed by atoms with Gasteiger partial charge in [0.15, 0.2) is 11.5 Å². The molecule has 1 aliphatic rings. The van der Waals surface area contributed by atoms with E-state index in [0.717, 1.165) is 10.9 Å². The number of rotatable bonds is 6. The van der Waals surface area contributed by atoms with Crippen LogP contribution in [0.15, 0.2) is 42.5 Å². The number of aromatic amines is 1. The minimum absolute atomic E-state index is 0.0557. The molecule has 0 saturated carbocycles. The summed E-state index contributed by atoms with van der Waals surface area (Å²) in [5.74, 6) is 1.12. The summed E-state index contributed by atoms with van der Waals surface area (Å²) in [4.78, 5) is 18.5. The number of hydrogen-bond acceptors (Lipinski definition) is 7. The second-order valence-corrected chi connectivity index (χ2v) is 8.52. The third-order valence-electron chi connectivity index (χ3n) is 6.43. The summed E-state index contributed by atoms with van der Waals surface area (Å²) in [6, 6.07) is 12.3. The van der Waals surface area contributed by atoms with Gasteiger partial charge < -0.3 is 34.5 Å². The zero-order valence-electron chi connectivity index (χ0n) is 19.3. The highest BCUT2D eigenvalue weighted by molar-refractivity contribution is 6.19. The maximum absolute atomic E-state index is 13.8. The molecule has 35 heavy (non-hydrogen) atoms. The van der Waals surface area contributed by atoms with Crippen LogP contribution in [-0.4, -0.2) is 49.9 Å². The molecular weight excluding hydrogens is 474 g/mol. The fourth-order valence-electron chi connectivity index (χ4n) is 4.91. The van der Waals surface area contributed by atoms with Gasteiger partial charge in [-0.05, 0) is 29.1 Å². The molecule has 9 nitrogen and oxygen atoms in total. The van der Waals surface area contributed by atoms with E-state index < -0.39 is 0 Å². The molecule has 1 unspecified atom stereocenters. The van der Waals surface area contributed by atoms with Crippen molar-refractivity contribution in [2.45, 2.75) is 5.92 Å². The Morgan fingerprint density at radius 1 is 1.14 bits per heavy atom. The molecule has 5 rings (SSSR count). The van der Waals surface area contributed by atoms with Crippen molar-refractivity contribution in [3.63, 3.8) is 0 Å². The molecular formula is C25H23ClN3O6-. The van der Waals surface area contributed by atoms with E-state index in [1.54, 1.807) is 29.2 Å². The van der Waals surface area contributed by atoms with Gasteiger partial charge in [-0.1, -0.05) is 24.3 Å². The van der Waals surface area contributed by atoms with Crippen molar-refractivity contribution >= 4 is 50.6 Å². The van der Waals surface area contributed by atoms with Crippen molar-refractivity contribution in [1.82, 2.24) is 4.98 Å². The van der Waals surface area contributed by atoms with Crippen LogP contribution < -0.4 is 24.3 Å². The molecule has 10 heteroatoms. The Kier molecular flexibility index (Phi) is 5.84. The quantitative estimate of drug-likeness (QED) is 0.285. The van der Waals surface area contributed by atoms with E-state index >= 15 is 0 Å². The molecule has 1 aromatic heterocycles. The van der Waals surface area contributed by atoms with E-state index in [1.807, 2.05) is 12.1 Å². The predicted octanol–water partition coefficient (Wildman–Crippen LogP) is 5.02. The number of amides is 1. The SMILES string of the molecule is COc1cc2cc(C(=O)N3CC(CCl)c4c3cc(N([O-])O)c3ccccc43)[nH]c2c(OC)c1OC. The van der Waals surface area contributed by atoms with Crippen LogP contribution in [0.25, 0.3) is 21.7 Å². The number of hydrogen-bond donors (Lipinski definition) is 2. The van der Waals surface area contributed by atoms with Crippen molar-refractivity contribution in [2.24, 2.45) is 0 Å². The van der Waals surface area contributed by atoms with Gasteiger partial charge in [-0.25, -0.2) is 0 Å². The van der Waals surface area contributed by atoms with E-state index in [4.69, 9.17) is 25.8 Å². The molecule has 2 N–H and O–H groups in total. The minimum atomic E-state index is -0.313. The van der Waals surface area contributed by atoms with Crippen LogP contribution in [0.2, 0.25) is 0 Å². The van der Waals surface area contributed by atoms with E-state index in [2.05, 4.69) is 4.98 Å². The number of carbonyl (C=O) groups is 1. The number of fused-ring (bicyclic) bond motifs is 4. The van der Waals surface area contributed by atoms with E-state index in [0.29, 0.717) is 51.5 Å². The van der Waals surface area contributed by atoms with Gasteiger partial charge in [-0.2, -0.15) is 0 Å². The molecule has 182 valence electrons. The van der Waals surface area contributed by atoms with Gasteiger partial charge in [0.25, 0.3) is 5.91 Å². The van der Waals surface area contributed by atoms with Crippen LogP contribution in [0.5, 0.6) is 17.2 Å². The fourth-order valence-corrected chi connectivity index (χ4v) is 5.16. The van der Waals surface area contributed by atoms with Gasteiger partial charge in [0, 0.05) is 29.1 Å². The summed E-state index contributed by atoms with van der Waals surface area (Å²) >= 11 is 6.31. The molecule has 0 bridgehead atoms. The number of methoxy groups -OCH3 is 3. The van der Waals surface area contributed by atoms with Crippen LogP contribution in [0.1, 0.15) is 22.0 Å². The van der Waals surface area contributed by atoms with Gasteiger partial charge in [0.2, 0.25) is 5.75 Å². The minimum Gasteiger partial charge on any atom is -0.733 e. The number of aromatic nitrogens is 1. The van der Waals surface area contributed by atoms with Gasteiger partial charge in [0.1, 0.15) is 5.69 Å². The number of nitrogens with zero attached hydrogens (tertiary/aromatic N) is 2. The third-order valence-corrected chi connectivity index (χ3v) is 6.81. The number of benzene rings is 3. The maximum atomic E-state index is 13.8. The van der Waals surface area contributed by atoms with Crippen molar-refractivity contribution in [3.8, 4) is 17.2 Å². The maximum Gasteiger partial charge on any atom is 0.274 e. The summed E-state index contributed by atoms with van der Waals surface area (Å²) < 4.78 is 16.4. The van der Waals surface area contributed by atoms with Crippen molar-refractivity contribution in [1.29, 1.82) is 0 Å². The largest absolute Gasteiger partial charge is 0.733 e. The molecule has 4 aromatic rings. The van der Waals surface area contributed by atoms with Gasteiger partial charge >= 0.3 is 0 Å². The zero-order valence-corrected chi connectivity index (χ0v) is 20.0. The number of halogens is 1. The van der Waals surface area contributed by atoms with Crippen molar-refractivity contribution in [3.05, 3.63) is 58.9 Å². The first-order valence-corrected chi connectivity index (χ1v) is 11.4. The summed E-state index contributed by atoms with van der Waals surface area (Å²) in [6.07, 6.45) is 0. The molecule has 0 aliphatic carbocycles. The smallest absolute Gasteiger partial charge is 0.274 e. The molecule has 3 aromatic carbocycles. The first-order valence-electron chi connectivity index (χ1n) is 10.8. The van der Waals surface area contributed by atoms with Crippen LogP contribution in [0, 0.1) is 5.21 Å². The molecule has 0 fully saturated rings. The van der Waals surface area contributed by atoms with E-state index in [-0.39, 0.29) is 28.6 Å². The molecule has 2 heterocycles. The number of H-pyrrole nitrogens is 1. The monoisotopic (exact) mass is 496 g/mol. The van der Waals surface area contributed by atoms with E-state index in [9.17, 15) is 15.2 Å². The Bertz CT molecular complexity index is 1450. The van der Waals surface area contributed by atoms with Gasteiger partial charge in [0.05, 0.1) is 38.2 Å². The Balaban J connectivity index is 1.66. The molecule has 1 amide bonds. The topological polar surface area (TPSA) is 110 Å². The molecule has 0 spiro atoms. The first kappa shape index (κ1) is 23.1. The normalized spacial score (nSPS) is 14.9. The number of anilines is 2. The highest BCUT2D eigenvalue weighted by Gasteiger charge is 2.35. The lowest BCUT2D eigenvalue weighted by atomic mass is 9.95. The average molecular weight is 497 g/mol. The van der Waals surface area contributed by atoms with Crippen LogP contribution in [0.4, 0.5) is 11.4 Å². The van der Waals surface area contributed by atoms with E-state index in [1.165, 1.54) is 27.4 Å². The summed E-state index contributed by atoms with van der Waals surface area (Å²) in [5.41, 5.74) is 2.35. The Labute approximate surface area is 205 Å². The average Bonchev–Trinajstić information content (AvgIpc) is 3.47. The lowest BCUT2D eigenvalue weighted by molar-refractivity contribution is 0.0984. The number of nitrogens with one attached hydrogen (secondary N) is 1. The molecule has 0 radical (unpaired) electrons. The second-order valence-electron chi connectivity index (χ2n) is 8.21. The standard InChI is InChI=1S/C25H23ClN3O6/c1-33-20-9-13-8-17(27-22(13)24(35-3)23(20)34-2)25(30)28-12-14(11-26)21-16-7-5-4-6-15(16)18(29(31)32)10-19(21)28/h4-10,14,27,31H,11-12H2,1-3H3/q-1. The summed E-state index contributed by atoms with van der Waals surface area (Å²) in [6.45, 7) is 0.328.